The molecule has 0 fully saturated rings. The van der Waals surface area contributed by atoms with Crippen molar-refractivity contribution in [1.29, 1.82) is 0 Å². The van der Waals surface area contributed by atoms with Gasteiger partial charge in [-0.25, -0.2) is 0 Å². The van der Waals surface area contributed by atoms with E-state index in [-0.39, 0.29) is 5.92 Å². The van der Waals surface area contributed by atoms with Gasteiger partial charge in [-0.15, -0.1) is 0 Å². The summed E-state index contributed by atoms with van der Waals surface area (Å²) in [4.78, 5) is 0. The number of fused-ring (bicyclic) bond motifs is 1. The molecule has 1 aromatic carbocycles. The molecular weight excluding hydrogens is 241 g/mol. The van der Waals surface area contributed by atoms with Crippen LogP contribution in [0.1, 0.15) is 29.9 Å². The van der Waals surface area contributed by atoms with Crippen LogP contribution in [0.15, 0.2) is 18.2 Å². The molecule has 0 spiro atoms. The smallest absolute Gasteiger partial charge is 0.384 e. The Balaban J connectivity index is 2.24. The molecule has 2 N–H and O–H groups in total. The molecule has 2 nitrogen and oxygen atoms in total. The van der Waals surface area contributed by atoms with Gasteiger partial charge in [-0.3, -0.25) is 0 Å². The van der Waals surface area contributed by atoms with Crippen molar-refractivity contribution in [2.24, 2.45) is 0 Å². The number of rotatable bonds is 4. The summed E-state index contributed by atoms with van der Waals surface area (Å²) in [7, 11) is 1.85. The SMILES string of the molecule is CNCCCC1CNc2cccc(C(F)(F)F)c21. The molecule has 1 atom stereocenters. The Kier molecular flexibility index (Phi) is 3.80. The maximum atomic E-state index is 13.0. The Morgan fingerprint density at radius 2 is 2.17 bits per heavy atom. The van der Waals surface area contributed by atoms with E-state index in [4.69, 9.17) is 0 Å². The van der Waals surface area contributed by atoms with Gasteiger partial charge >= 0.3 is 6.18 Å². The average Bonchev–Trinajstić information content (AvgIpc) is 2.71. The Hall–Kier alpha value is -1.23. The van der Waals surface area contributed by atoms with E-state index in [1.54, 1.807) is 6.07 Å². The van der Waals surface area contributed by atoms with Gasteiger partial charge in [0.25, 0.3) is 0 Å². The fraction of sp³-hybridized carbons (Fsp3) is 0.538. The molecule has 0 bridgehead atoms. The minimum atomic E-state index is -4.27. The van der Waals surface area contributed by atoms with Crippen molar-refractivity contribution in [2.75, 3.05) is 25.5 Å². The second-order valence-corrected chi connectivity index (χ2v) is 4.59. The van der Waals surface area contributed by atoms with Gasteiger partial charge in [0.15, 0.2) is 0 Å². The fourth-order valence-electron chi connectivity index (χ4n) is 2.51. The van der Waals surface area contributed by atoms with Crippen molar-refractivity contribution in [1.82, 2.24) is 5.32 Å². The van der Waals surface area contributed by atoms with E-state index in [1.807, 2.05) is 7.05 Å². The molecule has 0 radical (unpaired) electrons. The maximum Gasteiger partial charge on any atom is 0.416 e. The van der Waals surface area contributed by atoms with Crippen molar-refractivity contribution in [3.8, 4) is 0 Å². The molecule has 1 aliphatic rings. The number of anilines is 1. The largest absolute Gasteiger partial charge is 0.416 e. The monoisotopic (exact) mass is 258 g/mol. The molecule has 2 rings (SSSR count). The highest BCUT2D eigenvalue weighted by Gasteiger charge is 2.38. The predicted molar refractivity (Wildman–Crippen MR) is 65.8 cm³/mol. The van der Waals surface area contributed by atoms with Gasteiger partial charge in [-0.2, -0.15) is 13.2 Å². The molecule has 0 aromatic heterocycles. The lowest BCUT2D eigenvalue weighted by atomic mass is 9.92. The molecule has 5 heteroatoms. The van der Waals surface area contributed by atoms with Crippen LogP contribution in [0.3, 0.4) is 0 Å². The van der Waals surface area contributed by atoms with Crippen LogP contribution in [-0.4, -0.2) is 20.1 Å². The average molecular weight is 258 g/mol. The quantitative estimate of drug-likeness (QED) is 0.810. The summed E-state index contributed by atoms with van der Waals surface area (Å²) in [6.07, 6.45) is -2.61. The Morgan fingerprint density at radius 3 is 2.83 bits per heavy atom. The molecule has 0 saturated heterocycles. The first-order valence-corrected chi connectivity index (χ1v) is 6.12. The Labute approximate surface area is 105 Å². The predicted octanol–water partition coefficient (Wildman–Crippen LogP) is 3.21. The summed E-state index contributed by atoms with van der Waals surface area (Å²) in [5.74, 6) is -0.0359. The van der Waals surface area contributed by atoms with Crippen LogP contribution in [0.2, 0.25) is 0 Å². The van der Waals surface area contributed by atoms with Gasteiger partial charge in [0, 0.05) is 18.2 Å². The summed E-state index contributed by atoms with van der Waals surface area (Å²) < 4.78 is 38.9. The van der Waals surface area contributed by atoms with Gasteiger partial charge in [0.1, 0.15) is 0 Å². The zero-order chi connectivity index (χ0) is 13.2. The van der Waals surface area contributed by atoms with Gasteiger partial charge in [-0.05, 0) is 44.1 Å². The van der Waals surface area contributed by atoms with Crippen LogP contribution >= 0.6 is 0 Å². The first-order chi connectivity index (χ1) is 8.54. The summed E-state index contributed by atoms with van der Waals surface area (Å²) >= 11 is 0. The first-order valence-electron chi connectivity index (χ1n) is 6.12. The van der Waals surface area contributed by atoms with Crippen LogP contribution in [-0.2, 0) is 6.18 Å². The van der Waals surface area contributed by atoms with E-state index in [0.717, 1.165) is 19.4 Å². The lowest BCUT2D eigenvalue weighted by Crippen LogP contribution is -2.13. The highest BCUT2D eigenvalue weighted by Crippen LogP contribution is 2.43. The van der Waals surface area contributed by atoms with Gasteiger partial charge in [0.05, 0.1) is 5.56 Å². The van der Waals surface area contributed by atoms with Crippen LogP contribution in [0.4, 0.5) is 18.9 Å². The van der Waals surface area contributed by atoms with E-state index >= 15 is 0 Å². The number of benzene rings is 1. The molecule has 1 aliphatic heterocycles. The van der Waals surface area contributed by atoms with Crippen LogP contribution in [0, 0.1) is 0 Å². The van der Waals surface area contributed by atoms with E-state index in [0.29, 0.717) is 17.8 Å². The second kappa shape index (κ2) is 5.18. The normalized spacial score (nSPS) is 18.6. The Morgan fingerprint density at radius 1 is 1.39 bits per heavy atom. The molecule has 1 heterocycles. The number of alkyl halides is 3. The maximum absolute atomic E-state index is 13.0. The zero-order valence-corrected chi connectivity index (χ0v) is 10.3. The topological polar surface area (TPSA) is 24.1 Å². The van der Waals surface area contributed by atoms with E-state index < -0.39 is 11.7 Å². The second-order valence-electron chi connectivity index (χ2n) is 4.59. The number of halogens is 3. The molecule has 1 aromatic rings. The number of hydrogen-bond donors (Lipinski definition) is 2. The van der Waals surface area contributed by atoms with Crippen LogP contribution in [0.25, 0.3) is 0 Å². The molecule has 100 valence electrons. The van der Waals surface area contributed by atoms with Crippen molar-refractivity contribution in [3.05, 3.63) is 29.3 Å². The molecule has 0 saturated carbocycles. The highest BCUT2D eigenvalue weighted by atomic mass is 19.4. The molecule has 1 unspecified atom stereocenters. The summed E-state index contributed by atoms with van der Waals surface area (Å²) in [5, 5.41) is 6.09. The van der Waals surface area contributed by atoms with Crippen molar-refractivity contribution in [2.45, 2.75) is 24.9 Å². The van der Waals surface area contributed by atoms with E-state index in [9.17, 15) is 13.2 Å². The van der Waals surface area contributed by atoms with Crippen LogP contribution < -0.4 is 10.6 Å². The molecule has 0 amide bonds. The number of nitrogens with one attached hydrogen (secondary N) is 2. The van der Waals surface area contributed by atoms with Gasteiger partial charge < -0.3 is 10.6 Å². The van der Waals surface area contributed by atoms with E-state index in [1.165, 1.54) is 12.1 Å². The zero-order valence-electron chi connectivity index (χ0n) is 10.3. The van der Waals surface area contributed by atoms with Gasteiger partial charge in [-0.1, -0.05) is 6.07 Å². The minimum absolute atomic E-state index is 0.0359. The fourth-order valence-corrected chi connectivity index (χ4v) is 2.51. The third-order valence-corrected chi connectivity index (χ3v) is 3.34. The first kappa shape index (κ1) is 13.2. The third-order valence-electron chi connectivity index (χ3n) is 3.34. The standard InChI is InChI=1S/C13H17F3N2/c1-17-7-3-4-9-8-18-11-6-2-5-10(12(9)11)13(14,15)16/h2,5-6,9,17-18H,3-4,7-8H2,1H3. The lowest BCUT2D eigenvalue weighted by Gasteiger charge is -2.16. The third kappa shape index (κ3) is 2.61. The lowest BCUT2D eigenvalue weighted by molar-refractivity contribution is -0.138. The summed E-state index contributed by atoms with van der Waals surface area (Å²) in [5.41, 5.74) is 0.597. The van der Waals surface area contributed by atoms with Crippen molar-refractivity contribution in [3.63, 3.8) is 0 Å². The molecule has 0 aliphatic carbocycles. The van der Waals surface area contributed by atoms with Crippen molar-refractivity contribution >= 4 is 5.69 Å². The van der Waals surface area contributed by atoms with Crippen LogP contribution in [0.5, 0.6) is 0 Å². The summed E-state index contributed by atoms with van der Waals surface area (Å²) in [6, 6.07) is 4.37. The molecule has 18 heavy (non-hydrogen) atoms. The number of hydrogen-bond acceptors (Lipinski definition) is 2. The minimum Gasteiger partial charge on any atom is -0.384 e. The Bertz CT molecular complexity index is 415. The highest BCUT2D eigenvalue weighted by molar-refractivity contribution is 5.61. The van der Waals surface area contributed by atoms with E-state index in [2.05, 4.69) is 10.6 Å². The molecular formula is C13H17F3N2. The van der Waals surface area contributed by atoms with Crippen molar-refractivity contribution < 1.29 is 13.2 Å². The van der Waals surface area contributed by atoms with Gasteiger partial charge in [0.2, 0.25) is 0 Å². The summed E-state index contributed by atoms with van der Waals surface area (Å²) in [6.45, 7) is 1.44.